The maximum Gasteiger partial charge on any atom is 0.136 e. The minimum Gasteiger partial charge on any atom is -0.370 e. The summed E-state index contributed by atoms with van der Waals surface area (Å²) in [7, 11) is 2.00. The van der Waals surface area contributed by atoms with Gasteiger partial charge in [0.05, 0.1) is 10.7 Å². The van der Waals surface area contributed by atoms with E-state index in [0.717, 1.165) is 16.5 Å². The lowest BCUT2D eigenvalue weighted by molar-refractivity contribution is 0.756. The fraction of sp³-hybridized carbons (Fsp3) is 0.188. The molecular weight excluding hydrogens is 302 g/mol. The number of imidazole rings is 1. The van der Waals surface area contributed by atoms with Crippen molar-refractivity contribution in [2.45, 2.75) is 13.0 Å². The first-order valence-corrected chi connectivity index (χ1v) is 7.94. The van der Waals surface area contributed by atoms with Crippen LogP contribution in [0.15, 0.2) is 48.1 Å². The lowest BCUT2D eigenvalue weighted by Gasteiger charge is -2.20. The van der Waals surface area contributed by atoms with Gasteiger partial charge < -0.3 is 9.88 Å². The average Bonchev–Trinajstić information content (AvgIpc) is 3.11. The second-order valence-electron chi connectivity index (χ2n) is 4.97. The van der Waals surface area contributed by atoms with E-state index >= 15 is 0 Å². The summed E-state index contributed by atoms with van der Waals surface area (Å²) in [6, 6.07) is 10.1. The number of halogens is 1. The van der Waals surface area contributed by atoms with Crippen molar-refractivity contribution in [3.05, 3.63) is 69.4 Å². The lowest BCUT2D eigenvalue weighted by atomic mass is 10.1. The molecule has 0 radical (unpaired) electrons. The molecule has 0 bridgehead atoms. The zero-order valence-corrected chi connectivity index (χ0v) is 13.4. The highest BCUT2D eigenvalue weighted by Crippen LogP contribution is 2.32. The van der Waals surface area contributed by atoms with E-state index in [4.69, 9.17) is 11.6 Å². The highest BCUT2D eigenvalue weighted by atomic mass is 35.5. The Hall–Kier alpha value is -1.78. The van der Waals surface area contributed by atoms with E-state index in [9.17, 15) is 0 Å². The number of aromatic nitrogens is 2. The topological polar surface area (TPSA) is 29.9 Å². The summed E-state index contributed by atoms with van der Waals surface area (Å²) in [6.07, 6.45) is 3.77. The fourth-order valence-electron chi connectivity index (χ4n) is 2.28. The third kappa shape index (κ3) is 2.96. The molecule has 0 saturated carbocycles. The van der Waals surface area contributed by atoms with Crippen molar-refractivity contribution in [2.75, 3.05) is 5.32 Å². The van der Waals surface area contributed by atoms with Crippen LogP contribution in [-0.4, -0.2) is 9.55 Å². The van der Waals surface area contributed by atoms with Gasteiger partial charge in [0.25, 0.3) is 0 Å². The van der Waals surface area contributed by atoms with Gasteiger partial charge in [-0.2, -0.15) is 0 Å². The first-order chi connectivity index (χ1) is 10.1. The molecular formula is C16H16ClN3S. The molecule has 1 atom stereocenters. The molecule has 0 saturated heterocycles. The van der Waals surface area contributed by atoms with Crippen LogP contribution in [0.2, 0.25) is 5.02 Å². The Morgan fingerprint density at radius 2 is 2.19 bits per heavy atom. The van der Waals surface area contributed by atoms with Crippen molar-refractivity contribution < 1.29 is 0 Å². The monoisotopic (exact) mass is 317 g/mol. The van der Waals surface area contributed by atoms with Gasteiger partial charge in [0.15, 0.2) is 0 Å². The Morgan fingerprint density at radius 3 is 2.86 bits per heavy atom. The fourth-order valence-corrected chi connectivity index (χ4v) is 3.22. The van der Waals surface area contributed by atoms with E-state index in [0.29, 0.717) is 0 Å². The van der Waals surface area contributed by atoms with E-state index in [1.165, 1.54) is 10.4 Å². The summed E-state index contributed by atoms with van der Waals surface area (Å²) < 4.78 is 2.03. The smallest absolute Gasteiger partial charge is 0.136 e. The van der Waals surface area contributed by atoms with Crippen LogP contribution in [0.5, 0.6) is 0 Å². The van der Waals surface area contributed by atoms with Crippen LogP contribution in [0.3, 0.4) is 0 Å². The molecule has 2 aromatic heterocycles. The van der Waals surface area contributed by atoms with Crippen LogP contribution in [0.1, 0.15) is 22.3 Å². The molecule has 1 N–H and O–H groups in total. The van der Waals surface area contributed by atoms with E-state index in [1.54, 1.807) is 11.3 Å². The number of hydrogen-bond acceptors (Lipinski definition) is 3. The van der Waals surface area contributed by atoms with Crippen molar-refractivity contribution in [3.8, 4) is 0 Å². The predicted molar refractivity (Wildman–Crippen MR) is 89.2 cm³/mol. The molecule has 2 heterocycles. The number of hydrogen-bond donors (Lipinski definition) is 1. The van der Waals surface area contributed by atoms with E-state index < -0.39 is 0 Å². The van der Waals surface area contributed by atoms with Gasteiger partial charge in [-0.05, 0) is 36.1 Å². The predicted octanol–water partition coefficient (Wildman–Crippen LogP) is 4.64. The van der Waals surface area contributed by atoms with Crippen molar-refractivity contribution >= 4 is 28.6 Å². The number of rotatable bonds is 4. The average molecular weight is 318 g/mol. The van der Waals surface area contributed by atoms with Crippen LogP contribution in [-0.2, 0) is 7.05 Å². The summed E-state index contributed by atoms with van der Waals surface area (Å²) in [5.41, 5.74) is 2.10. The molecule has 21 heavy (non-hydrogen) atoms. The molecule has 3 rings (SSSR count). The zero-order chi connectivity index (χ0) is 14.8. The number of benzene rings is 1. The highest BCUT2D eigenvalue weighted by molar-refractivity contribution is 7.10. The van der Waals surface area contributed by atoms with Gasteiger partial charge in [0.2, 0.25) is 0 Å². The number of aryl methyl sites for hydroxylation is 2. The number of thiophene rings is 1. The van der Waals surface area contributed by atoms with Gasteiger partial charge >= 0.3 is 0 Å². The van der Waals surface area contributed by atoms with Crippen LogP contribution in [0.4, 0.5) is 5.69 Å². The lowest BCUT2D eigenvalue weighted by Crippen LogP contribution is -2.16. The van der Waals surface area contributed by atoms with Crippen molar-refractivity contribution in [3.63, 3.8) is 0 Å². The summed E-state index contributed by atoms with van der Waals surface area (Å²) in [5, 5.41) is 6.32. The van der Waals surface area contributed by atoms with Crippen molar-refractivity contribution in [1.82, 2.24) is 9.55 Å². The Kier molecular flexibility index (Phi) is 3.99. The molecule has 5 heteroatoms. The summed E-state index contributed by atoms with van der Waals surface area (Å²) >= 11 is 8.02. The van der Waals surface area contributed by atoms with Gasteiger partial charge in [0.1, 0.15) is 11.9 Å². The first-order valence-electron chi connectivity index (χ1n) is 6.68. The molecule has 1 unspecified atom stereocenters. The van der Waals surface area contributed by atoms with Crippen LogP contribution in [0.25, 0.3) is 0 Å². The Labute approximate surface area is 133 Å². The third-order valence-corrected chi connectivity index (χ3v) is 4.63. The van der Waals surface area contributed by atoms with Crippen LogP contribution < -0.4 is 5.32 Å². The number of nitrogens with zero attached hydrogens (tertiary/aromatic N) is 2. The Balaban J connectivity index is 2.01. The second-order valence-corrected chi connectivity index (χ2v) is 6.36. The maximum atomic E-state index is 6.32. The molecule has 0 aliphatic carbocycles. The van der Waals surface area contributed by atoms with Gasteiger partial charge in [0, 0.05) is 24.3 Å². The van der Waals surface area contributed by atoms with Crippen molar-refractivity contribution in [2.24, 2.45) is 7.05 Å². The maximum absolute atomic E-state index is 6.32. The molecule has 1 aromatic carbocycles. The largest absolute Gasteiger partial charge is 0.370 e. The standard InChI is InChI=1S/C16H16ClN3S/c1-11-5-6-12(17)13(10-11)19-15(14-4-3-9-21-14)16-18-7-8-20(16)2/h3-10,15,19H,1-2H3. The summed E-state index contributed by atoms with van der Waals surface area (Å²) in [5.74, 6) is 0.968. The van der Waals surface area contributed by atoms with Crippen LogP contribution >= 0.6 is 22.9 Å². The van der Waals surface area contributed by atoms with E-state index in [-0.39, 0.29) is 6.04 Å². The molecule has 0 fully saturated rings. The highest BCUT2D eigenvalue weighted by Gasteiger charge is 2.20. The number of anilines is 1. The summed E-state index contributed by atoms with van der Waals surface area (Å²) in [4.78, 5) is 5.69. The molecule has 0 spiro atoms. The molecule has 0 aliphatic heterocycles. The SMILES string of the molecule is Cc1ccc(Cl)c(NC(c2cccs2)c2nccn2C)c1. The van der Waals surface area contributed by atoms with Gasteiger partial charge in [-0.3, -0.25) is 0 Å². The second kappa shape index (κ2) is 5.92. The molecule has 0 amide bonds. The zero-order valence-electron chi connectivity index (χ0n) is 11.9. The van der Waals surface area contributed by atoms with E-state index in [1.807, 2.05) is 36.1 Å². The minimum atomic E-state index is -0.00991. The molecule has 108 valence electrons. The quantitative estimate of drug-likeness (QED) is 0.759. The summed E-state index contributed by atoms with van der Waals surface area (Å²) in [6.45, 7) is 2.06. The normalized spacial score (nSPS) is 12.3. The Bertz CT molecular complexity index is 734. The first kappa shape index (κ1) is 14.2. The van der Waals surface area contributed by atoms with Crippen molar-refractivity contribution in [1.29, 1.82) is 0 Å². The molecule has 3 nitrogen and oxygen atoms in total. The minimum absolute atomic E-state index is 0.00991. The van der Waals surface area contributed by atoms with Gasteiger partial charge in [-0.15, -0.1) is 11.3 Å². The van der Waals surface area contributed by atoms with Crippen LogP contribution in [0, 0.1) is 6.92 Å². The molecule has 0 aliphatic rings. The van der Waals surface area contributed by atoms with Gasteiger partial charge in [-0.1, -0.05) is 23.7 Å². The number of nitrogens with one attached hydrogen (secondary N) is 1. The third-order valence-electron chi connectivity index (χ3n) is 3.37. The Morgan fingerprint density at radius 1 is 1.33 bits per heavy atom. The van der Waals surface area contributed by atoms with Gasteiger partial charge in [-0.25, -0.2) is 4.98 Å². The van der Waals surface area contributed by atoms with E-state index in [2.05, 4.69) is 40.8 Å². The molecule has 3 aromatic rings.